The first-order valence-corrected chi connectivity index (χ1v) is 23.1. The molecule has 2 aromatic rings. The molecular formula is C53H92O4. The molecule has 0 amide bonds. The number of carbonyl (C=O) groups is 1. The van der Waals surface area contributed by atoms with Crippen molar-refractivity contribution >= 4 is 12.4 Å². The van der Waals surface area contributed by atoms with Crippen LogP contribution in [-0.4, -0.2) is 26.1 Å². The second kappa shape index (κ2) is 29.5. The third-order valence-electron chi connectivity index (χ3n) is 12.2. The molecule has 2 aromatic carbocycles. The van der Waals surface area contributed by atoms with E-state index in [4.69, 9.17) is 14.2 Å². The number of carbonyl (C=O) groups excluding carboxylic acids is 1. The molecule has 4 nitrogen and oxygen atoms in total. The van der Waals surface area contributed by atoms with Gasteiger partial charge in [-0.1, -0.05) is 165 Å². The molecule has 1 aliphatic heterocycles. The number of ether oxygens (including phenoxy) is 3. The third-order valence-corrected chi connectivity index (χ3v) is 12.2. The lowest BCUT2D eigenvalue weighted by molar-refractivity contribution is 0.0510. The fraction of sp³-hybridized carbons (Fsp3) is 0.717. The second-order valence-electron chi connectivity index (χ2n) is 18.2. The molecule has 0 fully saturated rings. The van der Waals surface area contributed by atoms with Crippen LogP contribution in [-0.2, 0) is 6.42 Å². The molecular weight excluding hydrogens is 701 g/mol. The summed E-state index contributed by atoms with van der Waals surface area (Å²) in [5.41, 5.74) is 7.16. The van der Waals surface area contributed by atoms with Crippen LogP contribution in [0.2, 0.25) is 0 Å². The Labute approximate surface area is 354 Å². The van der Waals surface area contributed by atoms with Crippen molar-refractivity contribution in [2.75, 3.05) is 14.2 Å². The highest BCUT2D eigenvalue weighted by molar-refractivity contribution is 5.85. The SMILES string of the molecule is C=Cc1ccc(C)c(C)c1OC.CC.CCC(C)CCCC(C)C.COc1c(C)c(C)c2c(c1C=O)CCC(C)(CCCC(C)CCCC(C)CCCC(C)C)O2. The van der Waals surface area contributed by atoms with Crippen molar-refractivity contribution in [1.82, 2.24) is 0 Å². The lowest BCUT2D eigenvalue weighted by atomic mass is 9.83. The van der Waals surface area contributed by atoms with E-state index in [1.807, 2.05) is 32.9 Å². The Hall–Kier alpha value is -2.75. The van der Waals surface area contributed by atoms with Crippen LogP contribution in [0.5, 0.6) is 17.2 Å². The van der Waals surface area contributed by atoms with Crippen LogP contribution in [0.4, 0.5) is 0 Å². The Morgan fingerprint density at radius 3 is 1.67 bits per heavy atom. The van der Waals surface area contributed by atoms with Crippen molar-refractivity contribution < 1.29 is 19.0 Å². The van der Waals surface area contributed by atoms with Gasteiger partial charge in [-0.3, -0.25) is 4.79 Å². The van der Waals surface area contributed by atoms with Crippen molar-refractivity contribution in [3.63, 3.8) is 0 Å². The predicted molar refractivity (Wildman–Crippen MR) is 252 cm³/mol. The highest BCUT2D eigenvalue weighted by Crippen LogP contribution is 2.44. The van der Waals surface area contributed by atoms with Gasteiger partial charge >= 0.3 is 0 Å². The summed E-state index contributed by atoms with van der Waals surface area (Å²) in [7, 11) is 3.33. The van der Waals surface area contributed by atoms with Crippen molar-refractivity contribution in [2.24, 2.45) is 29.6 Å². The molecule has 0 spiro atoms. The molecule has 0 bridgehead atoms. The molecule has 0 N–H and O–H groups in total. The summed E-state index contributed by atoms with van der Waals surface area (Å²) in [5.74, 6) is 6.88. The maximum Gasteiger partial charge on any atom is 0.154 e. The van der Waals surface area contributed by atoms with Gasteiger partial charge in [-0.25, -0.2) is 0 Å². The topological polar surface area (TPSA) is 44.8 Å². The van der Waals surface area contributed by atoms with Crippen LogP contribution in [0.25, 0.3) is 6.08 Å². The smallest absolute Gasteiger partial charge is 0.154 e. The number of aldehydes is 1. The summed E-state index contributed by atoms with van der Waals surface area (Å²) in [4.78, 5) is 11.8. The molecule has 4 unspecified atom stereocenters. The van der Waals surface area contributed by atoms with Gasteiger partial charge in [0.25, 0.3) is 0 Å². The van der Waals surface area contributed by atoms with Gasteiger partial charge in [-0.2, -0.15) is 0 Å². The van der Waals surface area contributed by atoms with E-state index in [1.54, 1.807) is 14.2 Å². The minimum absolute atomic E-state index is 0.149. The predicted octanol–water partition coefficient (Wildman–Crippen LogP) is 16.5. The largest absolute Gasteiger partial charge is 0.496 e. The van der Waals surface area contributed by atoms with Crippen LogP contribution in [0, 0.1) is 57.3 Å². The van der Waals surface area contributed by atoms with Crippen LogP contribution in [0.3, 0.4) is 0 Å². The minimum atomic E-state index is -0.149. The number of rotatable bonds is 21. The molecule has 1 heterocycles. The Morgan fingerprint density at radius 1 is 0.719 bits per heavy atom. The molecule has 4 heteroatoms. The van der Waals surface area contributed by atoms with Crippen molar-refractivity contribution in [3.8, 4) is 17.2 Å². The number of aryl methyl sites for hydroxylation is 1. The normalized spacial score (nSPS) is 16.0. The van der Waals surface area contributed by atoms with E-state index >= 15 is 0 Å². The Kier molecular flexibility index (Phi) is 28.0. The second-order valence-corrected chi connectivity index (χ2v) is 18.2. The zero-order valence-corrected chi connectivity index (χ0v) is 40.6. The molecule has 3 rings (SSSR count). The molecule has 0 saturated carbocycles. The van der Waals surface area contributed by atoms with Crippen molar-refractivity contribution in [3.05, 3.63) is 57.7 Å². The minimum Gasteiger partial charge on any atom is -0.496 e. The van der Waals surface area contributed by atoms with E-state index in [0.717, 1.165) is 88.9 Å². The van der Waals surface area contributed by atoms with Crippen LogP contribution < -0.4 is 14.2 Å². The van der Waals surface area contributed by atoms with E-state index in [1.165, 1.54) is 88.2 Å². The van der Waals surface area contributed by atoms with Gasteiger partial charge in [0.2, 0.25) is 0 Å². The van der Waals surface area contributed by atoms with E-state index in [-0.39, 0.29) is 5.60 Å². The highest BCUT2D eigenvalue weighted by atomic mass is 16.5. The Balaban J connectivity index is 0.00000106. The van der Waals surface area contributed by atoms with Gasteiger partial charge < -0.3 is 14.2 Å². The van der Waals surface area contributed by atoms with E-state index < -0.39 is 0 Å². The molecule has 0 aromatic heterocycles. The number of benzene rings is 2. The number of methoxy groups -OCH3 is 2. The summed E-state index contributed by atoms with van der Waals surface area (Å²) >= 11 is 0. The first-order valence-electron chi connectivity index (χ1n) is 23.1. The number of hydrogen-bond donors (Lipinski definition) is 0. The standard InChI is InChI=1S/C30H50O3.C11H14O.C10H22.C2H6/c1-21(2)12-9-13-22(3)14-10-15-23(4)16-11-18-30(7)19-17-26-27(20-31)28(32-8)24(5)25(6)29(26)33-30;1-5-10-7-6-8(2)9(3)11(10)12-4;1-5-10(4)8-6-7-9(2)3;1-2/h20-23H,9-19H2,1-8H3;5-7H,1H2,2-4H3;9-10H,5-8H2,1-4H3;1-2H3. The first-order chi connectivity index (χ1) is 27.0. The summed E-state index contributed by atoms with van der Waals surface area (Å²) in [5, 5.41) is 0. The maximum atomic E-state index is 11.8. The van der Waals surface area contributed by atoms with Gasteiger partial charge in [0.05, 0.1) is 19.8 Å². The van der Waals surface area contributed by atoms with Crippen molar-refractivity contribution in [2.45, 2.75) is 206 Å². The van der Waals surface area contributed by atoms with Crippen LogP contribution >= 0.6 is 0 Å². The van der Waals surface area contributed by atoms with Gasteiger partial charge in [-0.05, 0) is 112 Å². The molecule has 0 saturated heterocycles. The lowest BCUT2D eigenvalue weighted by Gasteiger charge is -2.38. The number of hydrogen-bond acceptors (Lipinski definition) is 4. The number of fused-ring (bicyclic) bond motifs is 1. The fourth-order valence-electron chi connectivity index (χ4n) is 7.79. The third kappa shape index (κ3) is 19.7. The van der Waals surface area contributed by atoms with Crippen LogP contribution in [0.1, 0.15) is 210 Å². The van der Waals surface area contributed by atoms with Gasteiger partial charge in [0.15, 0.2) is 6.29 Å². The molecule has 57 heavy (non-hydrogen) atoms. The van der Waals surface area contributed by atoms with Crippen LogP contribution in [0.15, 0.2) is 18.7 Å². The molecule has 1 aliphatic rings. The zero-order chi connectivity index (χ0) is 43.7. The van der Waals surface area contributed by atoms with E-state index in [9.17, 15) is 4.79 Å². The quantitative estimate of drug-likeness (QED) is 0.118. The zero-order valence-electron chi connectivity index (χ0n) is 40.6. The first kappa shape index (κ1) is 54.2. The summed E-state index contributed by atoms with van der Waals surface area (Å²) in [6.45, 7) is 36.9. The van der Waals surface area contributed by atoms with Gasteiger partial charge in [0.1, 0.15) is 22.8 Å². The molecule has 4 atom stereocenters. The molecule has 0 radical (unpaired) electrons. The summed E-state index contributed by atoms with van der Waals surface area (Å²) in [6, 6.07) is 4.10. The van der Waals surface area contributed by atoms with E-state index in [2.05, 4.69) is 95.7 Å². The monoisotopic (exact) mass is 793 g/mol. The lowest BCUT2D eigenvalue weighted by Crippen LogP contribution is -2.37. The summed E-state index contributed by atoms with van der Waals surface area (Å²) < 4.78 is 17.4. The fourth-order valence-corrected chi connectivity index (χ4v) is 7.79. The maximum absolute atomic E-state index is 11.8. The summed E-state index contributed by atoms with van der Waals surface area (Å²) in [6.07, 6.45) is 21.9. The highest BCUT2D eigenvalue weighted by Gasteiger charge is 2.35. The average Bonchev–Trinajstić information content (AvgIpc) is 3.18. The Morgan fingerprint density at radius 2 is 1.21 bits per heavy atom. The van der Waals surface area contributed by atoms with Crippen molar-refractivity contribution in [1.29, 1.82) is 0 Å². The molecule has 0 aliphatic carbocycles. The van der Waals surface area contributed by atoms with Gasteiger partial charge in [-0.15, -0.1) is 0 Å². The van der Waals surface area contributed by atoms with E-state index in [0.29, 0.717) is 11.3 Å². The average molecular weight is 793 g/mol. The molecule has 328 valence electrons. The van der Waals surface area contributed by atoms with Gasteiger partial charge in [0, 0.05) is 11.1 Å². The Bertz CT molecular complexity index is 1400.